The lowest BCUT2D eigenvalue weighted by atomic mass is 9.94. The molecule has 0 aromatic carbocycles. The minimum absolute atomic E-state index is 0.117. The number of alkyl halides is 2. The van der Waals surface area contributed by atoms with Crippen LogP contribution in [0.3, 0.4) is 0 Å². The van der Waals surface area contributed by atoms with Gasteiger partial charge in [-0.3, -0.25) is 0 Å². The maximum absolute atomic E-state index is 12.1. The number of hydrogen-bond donors (Lipinski definition) is 1. The lowest BCUT2D eigenvalue weighted by Gasteiger charge is -2.31. The molecule has 0 aromatic rings. The molecule has 0 amide bonds. The van der Waals surface area contributed by atoms with Gasteiger partial charge in [-0.05, 0) is 6.42 Å². The zero-order valence-corrected chi connectivity index (χ0v) is 5.41. The van der Waals surface area contributed by atoms with Gasteiger partial charge in [0, 0.05) is 6.42 Å². The maximum atomic E-state index is 12.1. The van der Waals surface area contributed by atoms with Crippen molar-refractivity contribution in [3.05, 3.63) is 0 Å². The Morgan fingerprint density at radius 2 is 2.00 bits per heavy atom. The average molecular weight is 156 g/mol. The Balaban J connectivity index is 2.66. The molecule has 1 atom stereocenters. The minimum atomic E-state index is -2.94. The Labute approximate surface area is 52.8 Å². The van der Waals surface area contributed by atoms with E-state index in [9.17, 15) is 17.2 Å². The van der Waals surface area contributed by atoms with Crippen molar-refractivity contribution in [3.8, 4) is 0 Å². The summed E-state index contributed by atoms with van der Waals surface area (Å²) in [6.07, 6.45) is -0.160. The lowest BCUT2D eigenvalue weighted by molar-refractivity contribution is -0.0653. The monoisotopic (exact) mass is 156 g/mol. The first-order valence-corrected chi connectivity index (χ1v) is 3.80. The van der Waals surface area contributed by atoms with Gasteiger partial charge in [0.15, 0.2) is 0 Å². The van der Waals surface area contributed by atoms with Crippen molar-refractivity contribution >= 4 is 10.7 Å². The van der Waals surface area contributed by atoms with Crippen LogP contribution < -0.4 is 0 Å². The summed E-state index contributed by atoms with van der Waals surface area (Å²) in [4.78, 5) is 0. The third-order valence-corrected chi connectivity index (χ3v) is 2.64. The summed E-state index contributed by atoms with van der Waals surface area (Å²) < 4.78 is 44.0. The van der Waals surface area contributed by atoms with E-state index in [1.54, 1.807) is 0 Å². The molecule has 1 saturated carbocycles. The molecule has 0 aromatic heterocycles. The summed E-state index contributed by atoms with van der Waals surface area (Å²) in [5.41, 5.74) is 0. The molecule has 9 heavy (non-hydrogen) atoms. The number of halogens is 2. The number of thiol groups is 1. The van der Waals surface area contributed by atoms with Crippen LogP contribution in [-0.4, -0.2) is 19.6 Å². The second-order valence-electron chi connectivity index (χ2n) is 2.10. The van der Waals surface area contributed by atoms with Gasteiger partial charge in [0.2, 0.25) is 0 Å². The molecule has 0 bridgehead atoms. The van der Waals surface area contributed by atoms with Crippen molar-refractivity contribution in [2.45, 2.75) is 24.0 Å². The Morgan fingerprint density at radius 3 is 2.00 bits per heavy atom. The molecule has 1 unspecified atom stereocenters. The van der Waals surface area contributed by atoms with E-state index in [1.807, 2.05) is 0 Å². The molecule has 2 nitrogen and oxygen atoms in total. The summed E-state index contributed by atoms with van der Waals surface area (Å²) in [5, 5.41) is -1.38. The molecule has 1 aliphatic rings. The van der Waals surface area contributed by atoms with Gasteiger partial charge >= 0.3 is 0 Å². The highest BCUT2D eigenvalue weighted by atomic mass is 32.2. The first-order chi connectivity index (χ1) is 4.04. The predicted octanol–water partition coefficient (Wildman–Crippen LogP) is 0.396. The second kappa shape index (κ2) is 1.90. The third kappa shape index (κ3) is 1.05. The maximum Gasteiger partial charge on any atom is 0.264 e. The first kappa shape index (κ1) is 6.92. The summed E-state index contributed by atoms with van der Waals surface area (Å²) in [6, 6.07) is 0. The summed E-state index contributed by atoms with van der Waals surface area (Å²) >= 11 is 0. The van der Waals surface area contributed by atoms with Crippen molar-refractivity contribution in [1.29, 1.82) is 0 Å². The van der Waals surface area contributed by atoms with Crippen LogP contribution in [0.25, 0.3) is 0 Å². The molecule has 5 heteroatoms. The molecule has 0 saturated heterocycles. The van der Waals surface area contributed by atoms with E-state index >= 15 is 0 Å². The zero-order chi connectivity index (χ0) is 7.07. The van der Waals surface area contributed by atoms with Gasteiger partial charge in [-0.25, -0.2) is 17.2 Å². The van der Waals surface area contributed by atoms with E-state index in [4.69, 9.17) is 0 Å². The molecule has 1 fully saturated rings. The van der Waals surface area contributed by atoms with Gasteiger partial charge in [-0.2, -0.15) is 0 Å². The Bertz CT molecular complexity index is 179. The second-order valence-corrected chi connectivity index (χ2v) is 3.29. The summed E-state index contributed by atoms with van der Waals surface area (Å²) in [5.74, 6) is -2.94. The molecule has 0 radical (unpaired) electrons. The number of rotatable bonds is 1. The fourth-order valence-corrected chi connectivity index (χ4v) is 1.53. The van der Waals surface area contributed by atoms with Crippen LogP contribution in [0.1, 0.15) is 12.8 Å². The van der Waals surface area contributed by atoms with Gasteiger partial charge in [-0.15, -0.1) is 0 Å². The van der Waals surface area contributed by atoms with E-state index in [0.717, 1.165) is 0 Å². The zero-order valence-electron chi connectivity index (χ0n) is 4.51. The molecular formula is C4H6F2O2S. The van der Waals surface area contributed by atoms with Crippen LogP contribution in [0.4, 0.5) is 8.78 Å². The van der Waals surface area contributed by atoms with Crippen molar-refractivity contribution in [2.24, 2.45) is 0 Å². The van der Waals surface area contributed by atoms with Gasteiger partial charge in [-0.1, -0.05) is 0 Å². The Hall–Kier alpha value is -0.190. The topological polar surface area (TPSA) is 34.1 Å². The van der Waals surface area contributed by atoms with E-state index in [-0.39, 0.29) is 12.8 Å². The van der Waals surface area contributed by atoms with Gasteiger partial charge in [0.25, 0.3) is 5.92 Å². The molecule has 1 aliphatic carbocycles. The molecule has 0 heterocycles. The van der Waals surface area contributed by atoms with Crippen molar-refractivity contribution in [2.75, 3.05) is 0 Å². The first-order valence-electron chi connectivity index (χ1n) is 2.55. The smallest absolute Gasteiger partial charge is 0.231 e. The van der Waals surface area contributed by atoms with E-state index in [0.29, 0.717) is 0 Å². The molecule has 0 N–H and O–H groups in total. The summed E-state index contributed by atoms with van der Waals surface area (Å²) in [6.45, 7) is 0. The Morgan fingerprint density at radius 1 is 1.44 bits per heavy atom. The van der Waals surface area contributed by atoms with Crippen LogP contribution in [0.2, 0.25) is 0 Å². The molecular weight excluding hydrogens is 150 g/mol. The van der Waals surface area contributed by atoms with E-state index in [1.165, 1.54) is 0 Å². The van der Waals surface area contributed by atoms with Crippen LogP contribution >= 0.6 is 0 Å². The average Bonchev–Trinajstić information content (AvgIpc) is 1.62. The predicted molar refractivity (Wildman–Crippen MR) is 28.3 cm³/mol. The fraction of sp³-hybridized carbons (Fsp3) is 1.00. The normalized spacial score (nSPS) is 32.1. The quantitative estimate of drug-likeness (QED) is 0.557. The van der Waals surface area contributed by atoms with E-state index < -0.39 is 21.9 Å². The lowest BCUT2D eigenvalue weighted by Crippen LogP contribution is -2.44. The third-order valence-electron chi connectivity index (χ3n) is 1.49. The van der Waals surface area contributed by atoms with Crippen LogP contribution in [0.5, 0.6) is 0 Å². The molecule has 1 rings (SSSR count). The van der Waals surface area contributed by atoms with Crippen molar-refractivity contribution < 1.29 is 17.2 Å². The molecule has 54 valence electrons. The van der Waals surface area contributed by atoms with Crippen molar-refractivity contribution in [3.63, 3.8) is 0 Å². The van der Waals surface area contributed by atoms with Gasteiger partial charge in [0.1, 0.15) is 16.0 Å². The minimum Gasteiger partial charge on any atom is -0.231 e. The van der Waals surface area contributed by atoms with Crippen LogP contribution in [0, 0.1) is 0 Å². The summed E-state index contributed by atoms with van der Waals surface area (Å²) in [7, 11) is -2.91. The number of hydrogen-bond acceptors (Lipinski definition) is 2. The highest BCUT2D eigenvalue weighted by molar-refractivity contribution is 7.73. The largest absolute Gasteiger partial charge is 0.264 e. The van der Waals surface area contributed by atoms with Gasteiger partial charge in [0.05, 0.1) is 0 Å². The van der Waals surface area contributed by atoms with Gasteiger partial charge < -0.3 is 0 Å². The van der Waals surface area contributed by atoms with Crippen LogP contribution in [-0.2, 0) is 10.7 Å². The highest BCUT2D eigenvalue weighted by Gasteiger charge is 2.50. The molecule has 0 aliphatic heterocycles. The SMILES string of the molecule is O=[SH](=O)C1CCC1(F)F. The fourth-order valence-electron chi connectivity index (χ4n) is 0.751. The van der Waals surface area contributed by atoms with Crippen LogP contribution in [0.15, 0.2) is 0 Å². The standard InChI is InChI=1S/C4H6F2O2S/c5-4(6)2-1-3(4)9(7)8/h3,9H,1-2H2. The highest BCUT2D eigenvalue weighted by Crippen LogP contribution is 2.39. The van der Waals surface area contributed by atoms with E-state index in [2.05, 4.69) is 0 Å². The Kier molecular flexibility index (Phi) is 1.46. The molecule has 0 spiro atoms. The van der Waals surface area contributed by atoms with Crippen molar-refractivity contribution in [1.82, 2.24) is 0 Å².